The molecule has 2 aromatic carbocycles. The average Bonchev–Trinajstić information content (AvgIpc) is 2.88. The number of halogens is 5. The van der Waals surface area contributed by atoms with Gasteiger partial charge in [0.05, 0.1) is 11.2 Å². The van der Waals surface area contributed by atoms with Crippen molar-refractivity contribution in [2.45, 2.75) is 6.36 Å². The number of alkyl halides is 3. The summed E-state index contributed by atoms with van der Waals surface area (Å²) >= 11 is 0. The third kappa shape index (κ3) is 3.70. The summed E-state index contributed by atoms with van der Waals surface area (Å²) in [6, 6.07) is 6.30. The van der Waals surface area contributed by atoms with Crippen LogP contribution in [0.25, 0.3) is 10.9 Å². The first kappa shape index (κ1) is 16.7. The predicted molar refractivity (Wildman–Crippen MR) is 79.3 cm³/mol. The van der Waals surface area contributed by atoms with E-state index in [0.717, 1.165) is 24.3 Å². The van der Waals surface area contributed by atoms with Crippen LogP contribution in [-0.2, 0) is 0 Å². The second kappa shape index (κ2) is 6.08. The van der Waals surface area contributed by atoms with Crippen LogP contribution in [0.5, 0.6) is 5.75 Å². The van der Waals surface area contributed by atoms with Crippen LogP contribution in [0, 0.1) is 11.6 Å². The molecule has 1 heterocycles. The topological polar surface area (TPSA) is 54.1 Å². The van der Waals surface area contributed by atoms with Crippen LogP contribution >= 0.6 is 0 Å². The smallest absolute Gasteiger partial charge is 0.406 e. The Hall–Kier alpha value is -3.10. The summed E-state index contributed by atoms with van der Waals surface area (Å²) in [5, 5.41) is 2.64. The van der Waals surface area contributed by atoms with Crippen molar-refractivity contribution in [3.8, 4) is 5.75 Å². The number of anilines is 1. The third-order valence-electron chi connectivity index (χ3n) is 3.30. The van der Waals surface area contributed by atoms with E-state index in [1.54, 1.807) is 0 Å². The van der Waals surface area contributed by atoms with E-state index in [4.69, 9.17) is 0 Å². The number of amides is 1. The molecular weight excluding hydrogens is 347 g/mol. The zero-order chi connectivity index (χ0) is 18.2. The SMILES string of the molecule is O=C(Nc1c[nH]c2cc(F)c(F)cc12)c1cccc(OC(F)(F)F)c1. The summed E-state index contributed by atoms with van der Waals surface area (Å²) in [6.07, 6.45) is -3.56. The number of hydrogen-bond donors (Lipinski definition) is 2. The van der Waals surface area contributed by atoms with Crippen molar-refractivity contribution in [3.63, 3.8) is 0 Å². The number of H-pyrrole nitrogens is 1. The summed E-state index contributed by atoms with van der Waals surface area (Å²) < 4.78 is 67.0. The summed E-state index contributed by atoms with van der Waals surface area (Å²) in [5.74, 6) is -3.43. The average molecular weight is 356 g/mol. The Morgan fingerprint density at radius 2 is 1.80 bits per heavy atom. The lowest BCUT2D eigenvalue weighted by molar-refractivity contribution is -0.274. The van der Waals surface area contributed by atoms with Crippen LogP contribution < -0.4 is 10.1 Å². The van der Waals surface area contributed by atoms with Gasteiger partial charge >= 0.3 is 6.36 Å². The highest BCUT2D eigenvalue weighted by Crippen LogP contribution is 2.27. The largest absolute Gasteiger partial charge is 0.573 e. The minimum absolute atomic E-state index is 0.0984. The quantitative estimate of drug-likeness (QED) is 0.674. The lowest BCUT2D eigenvalue weighted by Gasteiger charge is -2.10. The van der Waals surface area contributed by atoms with Gasteiger partial charge in [0.15, 0.2) is 11.6 Å². The molecule has 0 spiro atoms. The van der Waals surface area contributed by atoms with Crippen molar-refractivity contribution >= 4 is 22.5 Å². The molecule has 9 heteroatoms. The molecule has 4 nitrogen and oxygen atoms in total. The number of carbonyl (C=O) groups is 1. The van der Waals surface area contributed by atoms with Crippen molar-refractivity contribution < 1.29 is 31.5 Å². The highest BCUT2D eigenvalue weighted by atomic mass is 19.4. The van der Waals surface area contributed by atoms with Gasteiger partial charge in [0.25, 0.3) is 5.91 Å². The fourth-order valence-electron chi connectivity index (χ4n) is 2.25. The Labute approximate surface area is 137 Å². The van der Waals surface area contributed by atoms with Gasteiger partial charge in [0.2, 0.25) is 0 Å². The van der Waals surface area contributed by atoms with Crippen molar-refractivity contribution in [2.75, 3.05) is 5.32 Å². The lowest BCUT2D eigenvalue weighted by Crippen LogP contribution is -2.18. The van der Waals surface area contributed by atoms with E-state index < -0.39 is 29.7 Å². The normalized spacial score (nSPS) is 11.6. The summed E-state index contributed by atoms with van der Waals surface area (Å²) in [4.78, 5) is 14.9. The van der Waals surface area contributed by atoms with Gasteiger partial charge in [-0.05, 0) is 24.3 Å². The number of hydrogen-bond acceptors (Lipinski definition) is 2. The number of benzene rings is 2. The van der Waals surface area contributed by atoms with Crippen molar-refractivity contribution in [1.82, 2.24) is 4.98 Å². The monoisotopic (exact) mass is 356 g/mol. The molecule has 0 aliphatic rings. The van der Waals surface area contributed by atoms with E-state index in [1.807, 2.05) is 0 Å². The van der Waals surface area contributed by atoms with Crippen molar-refractivity contribution in [2.24, 2.45) is 0 Å². The van der Waals surface area contributed by atoms with Gasteiger partial charge in [-0.2, -0.15) is 0 Å². The molecule has 0 fully saturated rings. The molecule has 3 aromatic rings. The lowest BCUT2D eigenvalue weighted by atomic mass is 10.2. The van der Waals surface area contributed by atoms with E-state index in [0.29, 0.717) is 0 Å². The molecule has 0 saturated heterocycles. The van der Waals surface area contributed by atoms with Crippen LogP contribution in [0.2, 0.25) is 0 Å². The van der Waals surface area contributed by atoms with E-state index in [9.17, 15) is 26.7 Å². The number of ether oxygens (including phenoxy) is 1. The maximum absolute atomic E-state index is 13.4. The standard InChI is InChI=1S/C16H9F5N2O2/c17-11-5-10-13(6-12(11)18)22-7-14(10)23-15(24)8-2-1-3-9(4-8)25-16(19,20)21/h1-7,22H,(H,23,24). The molecule has 130 valence electrons. The third-order valence-corrected chi connectivity index (χ3v) is 3.30. The molecule has 0 aliphatic heterocycles. The van der Waals surface area contributed by atoms with Gasteiger partial charge in [-0.1, -0.05) is 6.07 Å². The Kier molecular flexibility index (Phi) is 4.07. The fraction of sp³-hybridized carbons (Fsp3) is 0.0625. The first-order valence-corrected chi connectivity index (χ1v) is 6.86. The van der Waals surface area contributed by atoms with Gasteiger partial charge in [-0.3, -0.25) is 4.79 Å². The molecule has 25 heavy (non-hydrogen) atoms. The Morgan fingerprint density at radius 3 is 2.52 bits per heavy atom. The van der Waals surface area contributed by atoms with E-state index in [1.165, 1.54) is 18.3 Å². The highest BCUT2D eigenvalue weighted by Gasteiger charge is 2.31. The molecule has 0 aliphatic carbocycles. The van der Waals surface area contributed by atoms with Crippen LogP contribution in [0.4, 0.5) is 27.6 Å². The fourth-order valence-corrected chi connectivity index (χ4v) is 2.25. The molecule has 2 N–H and O–H groups in total. The van der Waals surface area contributed by atoms with Gasteiger partial charge < -0.3 is 15.0 Å². The van der Waals surface area contributed by atoms with Gasteiger partial charge in [0.1, 0.15) is 5.75 Å². The second-order valence-electron chi connectivity index (χ2n) is 5.04. The number of carbonyl (C=O) groups excluding carboxylic acids is 1. The molecule has 0 radical (unpaired) electrons. The zero-order valence-electron chi connectivity index (χ0n) is 12.2. The summed E-state index contributed by atoms with van der Waals surface area (Å²) in [5.41, 5.74) is 0.308. The number of aromatic nitrogens is 1. The Morgan fingerprint density at radius 1 is 1.08 bits per heavy atom. The number of aromatic amines is 1. The predicted octanol–water partition coefficient (Wildman–Crippen LogP) is 4.60. The highest BCUT2D eigenvalue weighted by molar-refractivity contribution is 6.09. The molecule has 1 aromatic heterocycles. The van der Waals surface area contributed by atoms with Crippen molar-refractivity contribution in [3.05, 3.63) is 59.8 Å². The van der Waals surface area contributed by atoms with Gasteiger partial charge in [-0.25, -0.2) is 8.78 Å². The number of nitrogens with one attached hydrogen (secondary N) is 2. The summed E-state index contributed by atoms with van der Waals surface area (Å²) in [7, 11) is 0. The molecule has 1 amide bonds. The molecule has 0 unspecified atom stereocenters. The Balaban J connectivity index is 1.85. The van der Waals surface area contributed by atoms with Crippen LogP contribution in [0.3, 0.4) is 0 Å². The minimum Gasteiger partial charge on any atom is -0.406 e. The molecule has 0 saturated carbocycles. The molecule has 0 bridgehead atoms. The molecule has 3 rings (SSSR count). The first-order valence-electron chi connectivity index (χ1n) is 6.86. The maximum Gasteiger partial charge on any atom is 0.573 e. The van der Waals surface area contributed by atoms with Crippen LogP contribution in [0.1, 0.15) is 10.4 Å². The number of fused-ring (bicyclic) bond motifs is 1. The van der Waals surface area contributed by atoms with Crippen molar-refractivity contribution in [1.29, 1.82) is 0 Å². The second-order valence-corrected chi connectivity index (χ2v) is 5.04. The molecular formula is C16H9F5N2O2. The Bertz CT molecular complexity index is 949. The van der Waals surface area contributed by atoms with Crippen LogP contribution in [-0.4, -0.2) is 17.3 Å². The van der Waals surface area contributed by atoms with E-state index in [-0.39, 0.29) is 22.2 Å². The number of rotatable bonds is 3. The van der Waals surface area contributed by atoms with Gasteiger partial charge in [-0.15, -0.1) is 13.2 Å². The van der Waals surface area contributed by atoms with Crippen LogP contribution in [0.15, 0.2) is 42.6 Å². The maximum atomic E-state index is 13.4. The first-order chi connectivity index (χ1) is 11.7. The van der Waals surface area contributed by atoms with E-state index >= 15 is 0 Å². The van der Waals surface area contributed by atoms with Gasteiger partial charge in [0, 0.05) is 23.2 Å². The minimum atomic E-state index is -4.88. The van der Waals surface area contributed by atoms with E-state index in [2.05, 4.69) is 15.0 Å². The zero-order valence-corrected chi connectivity index (χ0v) is 12.2. The molecule has 0 atom stereocenters. The summed E-state index contributed by atoms with van der Waals surface area (Å²) in [6.45, 7) is 0.